The van der Waals surface area contributed by atoms with Gasteiger partial charge in [0.2, 0.25) is 0 Å². The van der Waals surface area contributed by atoms with Gasteiger partial charge in [0.1, 0.15) is 0 Å². The summed E-state index contributed by atoms with van der Waals surface area (Å²) in [6.45, 7) is 5.96. The van der Waals surface area contributed by atoms with Crippen molar-refractivity contribution in [1.82, 2.24) is 9.80 Å². The zero-order chi connectivity index (χ0) is 12.0. The molecular formula is C13H28N2O. The van der Waals surface area contributed by atoms with Gasteiger partial charge in [0, 0.05) is 6.54 Å². The van der Waals surface area contributed by atoms with E-state index in [0.29, 0.717) is 0 Å². The number of aliphatic hydroxyl groups excluding tert-OH is 1. The quantitative estimate of drug-likeness (QED) is 0.699. The van der Waals surface area contributed by atoms with Crippen LogP contribution < -0.4 is 0 Å². The Morgan fingerprint density at radius 2 is 2.06 bits per heavy atom. The van der Waals surface area contributed by atoms with Crippen molar-refractivity contribution >= 4 is 0 Å². The molecule has 1 unspecified atom stereocenters. The van der Waals surface area contributed by atoms with Gasteiger partial charge < -0.3 is 14.9 Å². The van der Waals surface area contributed by atoms with Crippen LogP contribution >= 0.6 is 0 Å². The largest absolute Gasteiger partial charge is 0.394 e. The summed E-state index contributed by atoms with van der Waals surface area (Å²) >= 11 is 0. The highest BCUT2D eigenvalue weighted by atomic mass is 16.3. The first-order valence-electron chi connectivity index (χ1n) is 6.65. The van der Waals surface area contributed by atoms with E-state index < -0.39 is 0 Å². The van der Waals surface area contributed by atoms with Gasteiger partial charge in [-0.2, -0.15) is 0 Å². The minimum atomic E-state index is 0.00443. The molecule has 0 aliphatic carbocycles. The molecule has 0 radical (unpaired) electrons. The number of piperidine rings is 1. The van der Waals surface area contributed by atoms with Crippen molar-refractivity contribution in [2.45, 2.75) is 44.6 Å². The van der Waals surface area contributed by atoms with E-state index in [9.17, 15) is 5.11 Å². The van der Waals surface area contributed by atoms with E-state index in [-0.39, 0.29) is 12.1 Å². The molecule has 1 saturated heterocycles. The average molecular weight is 228 g/mol. The molecule has 0 amide bonds. The summed E-state index contributed by atoms with van der Waals surface area (Å²) in [5.74, 6) is 0. The molecule has 1 aliphatic heterocycles. The van der Waals surface area contributed by atoms with Gasteiger partial charge in [-0.1, -0.05) is 19.8 Å². The molecule has 0 aromatic carbocycles. The second-order valence-electron chi connectivity index (χ2n) is 5.36. The predicted molar refractivity (Wildman–Crippen MR) is 68.7 cm³/mol. The molecule has 0 aromatic rings. The Bertz CT molecular complexity index is 196. The molecule has 1 aliphatic rings. The van der Waals surface area contributed by atoms with Crippen molar-refractivity contribution < 1.29 is 5.11 Å². The number of unbranched alkanes of at least 4 members (excludes halogenated alkanes) is 2. The molecule has 1 fully saturated rings. The third kappa shape index (κ3) is 3.44. The highest BCUT2D eigenvalue weighted by Gasteiger charge is 2.36. The first-order chi connectivity index (χ1) is 7.64. The maximum atomic E-state index is 9.63. The maximum Gasteiger partial charge on any atom is 0.0627 e. The van der Waals surface area contributed by atoms with E-state index in [2.05, 4.69) is 30.8 Å². The monoisotopic (exact) mass is 228 g/mol. The molecule has 1 N–H and O–H groups in total. The fourth-order valence-electron chi connectivity index (χ4n) is 2.62. The van der Waals surface area contributed by atoms with Crippen LogP contribution in [0.1, 0.15) is 39.0 Å². The van der Waals surface area contributed by atoms with Gasteiger partial charge in [0.05, 0.1) is 12.1 Å². The number of likely N-dealkylation sites (tertiary alicyclic amines) is 1. The van der Waals surface area contributed by atoms with Crippen LogP contribution in [-0.4, -0.2) is 60.8 Å². The molecule has 0 aromatic heterocycles. The molecule has 96 valence electrons. The lowest BCUT2D eigenvalue weighted by Crippen LogP contribution is -2.58. The molecule has 1 rings (SSSR count). The van der Waals surface area contributed by atoms with Crippen LogP contribution in [0.3, 0.4) is 0 Å². The van der Waals surface area contributed by atoms with Crippen LogP contribution in [0.5, 0.6) is 0 Å². The highest BCUT2D eigenvalue weighted by Crippen LogP contribution is 2.25. The first-order valence-corrected chi connectivity index (χ1v) is 6.65. The lowest BCUT2D eigenvalue weighted by atomic mass is 9.88. The van der Waals surface area contributed by atoms with E-state index in [4.69, 9.17) is 0 Å². The van der Waals surface area contributed by atoms with Gasteiger partial charge in [0.25, 0.3) is 0 Å². The van der Waals surface area contributed by atoms with Crippen molar-refractivity contribution in [3.63, 3.8) is 0 Å². The van der Waals surface area contributed by atoms with E-state index in [0.717, 1.165) is 13.0 Å². The van der Waals surface area contributed by atoms with Crippen molar-refractivity contribution in [2.75, 3.05) is 40.3 Å². The number of nitrogens with zero attached hydrogens (tertiary/aromatic N) is 2. The predicted octanol–water partition coefficient (Wildman–Crippen LogP) is 1.57. The van der Waals surface area contributed by atoms with E-state index in [1.165, 1.54) is 38.8 Å². The summed E-state index contributed by atoms with van der Waals surface area (Å²) in [5.41, 5.74) is 0.00443. The van der Waals surface area contributed by atoms with Gasteiger partial charge in [-0.25, -0.2) is 0 Å². The number of hydrogen-bond acceptors (Lipinski definition) is 3. The van der Waals surface area contributed by atoms with Gasteiger partial charge in [-0.05, 0) is 46.4 Å². The lowest BCUT2D eigenvalue weighted by Gasteiger charge is -2.46. The number of rotatable bonds is 6. The van der Waals surface area contributed by atoms with Crippen LogP contribution in [0.25, 0.3) is 0 Å². The summed E-state index contributed by atoms with van der Waals surface area (Å²) in [5, 5.41) is 9.63. The van der Waals surface area contributed by atoms with E-state index in [1.807, 2.05) is 0 Å². The molecule has 1 heterocycles. The Balaban J connectivity index is 2.45. The van der Waals surface area contributed by atoms with Crippen molar-refractivity contribution in [1.29, 1.82) is 0 Å². The van der Waals surface area contributed by atoms with Gasteiger partial charge in [-0.15, -0.1) is 0 Å². The van der Waals surface area contributed by atoms with Crippen molar-refractivity contribution in [3.05, 3.63) is 0 Å². The SMILES string of the molecule is CCCCCN1CCCC(CO)(N(C)C)C1. The summed E-state index contributed by atoms with van der Waals surface area (Å²) in [7, 11) is 4.18. The fourth-order valence-corrected chi connectivity index (χ4v) is 2.62. The summed E-state index contributed by atoms with van der Waals surface area (Å²) in [4.78, 5) is 4.73. The molecule has 1 atom stereocenters. The Hall–Kier alpha value is -0.120. The standard InChI is InChI=1S/C13H28N2O/c1-4-5-6-9-15-10-7-8-13(11-15,12-16)14(2)3/h16H,4-12H2,1-3H3. The topological polar surface area (TPSA) is 26.7 Å². The maximum absolute atomic E-state index is 9.63. The summed E-state index contributed by atoms with van der Waals surface area (Å²) < 4.78 is 0. The minimum Gasteiger partial charge on any atom is -0.394 e. The third-order valence-electron chi connectivity index (χ3n) is 3.96. The first kappa shape index (κ1) is 13.9. The van der Waals surface area contributed by atoms with Crippen LogP contribution in [0.2, 0.25) is 0 Å². The molecule has 3 nitrogen and oxygen atoms in total. The van der Waals surface area contributed by atoms with Crippen LogP contribution in [0.4, 0.5) is 0 Å². The van der Waals surface area contributed by atoms with E-state index >= 15 is 0 Å². The molecule has 0 bridgehead atoms. The van der Waals surface area contributed by atoms with Gasteiger partial charge in [0.15, 0.2) is 0 Å². The number of hydrogen-bond donors (Lipinski definition) is 1. The van der Waals surface area contributed by atoms with Crippen LogP contribution in [-0.2, 0) is 0 Å². The second-order valence-corrected chi connectivity index (χ2v) is 5.36. The average Bonchev–Trinajstić information content (AvgIpc) is 2.29. The lowest BCUT2D eigenvalue weighted by molar-refractivity contribution is -0.000501. The molecule has 0 spiro atoms. The fraction of sp³-hybridized carbons (Fsp3) is 1.00. The minimum absolute atomic E-state index is 0.00443. The normalized spacial score (nSPS) is 27.6. The number of likely N-dealkylation sites (N-methyl/N-ethyl adjacent to an activating group) is 1. The van der Waals surface area contributed by atoms with Crippen LogP contribution in [0, 0.1) is 0 Å². The molecule has 0 saturated carbocycles. The zero-order valence-corrected chi connectivity index (χ0v) is 11.2. The zero-order valence-electron chi connectivity index (χ0n) is 11.2. The highest BCUT2D eigenvalue weighted by molar-refractivity contribution is 4.94. The van der Waals surface area contributed by atoms with Gasteiger partial charge >= 0.3 is 0 Å². The van der Waals surface area contributed by atoms with E-state index in [1.54, 1.807) is 0 Å². The van der Waals surface area contributed by atoms with Crippen LogP contribution in [0.15, 0.2) is 0 Å². The molecule has 16 heavy (non-hydrogen) atoms. The molecule has 3 heteroatoms. The van der Waals surface area contributed by atoms with Gasteiger partial charge in [-0.3, -0.25) is 0 Å². The Morgan fingerprint density at radius 1 is 1.31 bits per heavy atom. The Morgan fingerprint density at radius 3 is 2.62 bits per heavy atom. The smallest absolute Gasteiger partial charge is 0.0627 e. The summed E-state index contributed by atoms with van der Waals surface area (Å²) in [6, 6.07) is 0. The summed E-state index contributed by atoms with van der Waals surface area (Å²) in [6.07, 6.45) is 6.24. The second kappa shape index (κ2) is 6.58. The Labute approximate surface area is 100 Å². The van der Waals surface area contributed by atoms with Crippen molar-refractivity contribution in [3.8, 4) is 0 Å². The Kier molecular flexibility index (Phi) is 5.73. The van der Waals surface area contributed by atoms with Crippen molar-refractivity contribution in [2.24, 2.45) is 0 Å². The molecular weight excluding hydrogens is 200 g/mol. The third-order valence-corrected chi connectivity index (χ3v) is 3.96. The number of aliphatic hydroxyl groups is 1.